The number of hydrogen-bond donors (Lipinski definition) is 3. The number of primary amides is 1. The molecule has 0 saturated heterocycles. The first-order valence-corrected chi connectivity index (χ1v) is 7.28. The minimum Gasteiger partial charge on any atom is -0.376 e. The summed E-state index contributed by atoms with van der Waals surface area (Å²) < 4.78 is 16.2. The Morgan fingerprint density at radius 3 is 2.12 bits per heavy atom. The Labute approximate surface area is 103 Å². The predicted molar refractivity (Wildman–Crippen MR) is 66.4 cm³/mol. The molecular formula is C9H23N3O4Si. The molecule has 1 atom stereocenters. The summed E-state index contributed by atoms with van der Waals surface area (Å²) in [7, 11) is 2.04. The molecule has 2 amide bonds. The molecular weight excluding hydrogens is 242 g/mol. The first-order valence-electron chi connectivity index (χ1n) is 5.48. The highest BCUT2D eigenvalue weighted by molar-refractivity contribution is 6.62. The average Bonchev–Trinajstić information content (AvgIpc) is 2.33. The van der Waals surface area contributed by atoms with Gasteiger partial charge in [-0.3, -0.25) is 0 Å². The van der Waals surface area contributed by atoms with Gasteiger partial charge in [-0.15, -0.1) is 0 Å². The number of carbonyl (C=O) groups is 1. The van der Waals surface area contributed by atoms with E-state index >= 15 is 0 Å². The maximum Gasteiger partial charge on any atom is 0.517 e. The van der Waals surface area contributed by atoms with E-state index in [1.54, 1.807) is 21.3 Å². The third-order valence-electron chi connectivity index (χ3n) is 2.50. The lowest BCUT2D eigenvalue weighted by Crippen LogP contribution is -2.60. The summed E-state index contributed by atoms with van der Waals surface area (Å²) in [6.45, 7) is 3.04. The summed E-state index contributed by atoms with van der Waals surface area (Å²) in [5.74, 6) is 0. The first-order chi connectivity index (χ1) is 8.06. The molecule has 0 bridgehead atoms. The van der Waals surface area contributed by atoms with Crippen LogP contribution < -0.4 is 16.4 Å². The third kappa shape index (κ3) is 5.00. The van der Waals surface area contributed by atoms with E-state index in [0.29, 0.717) is 13.1 Å². The second-order valence-corrected chi connectivity index (χ2v) is 6.55. The van der Waals surface area contributed by atoms with Crippen LogP contribution in [0.3, 0.4) is 0 Å². The van der Waals surface area contributed by atoms with Crippen molar-refractivity contribution in [2.24, 2.45) is 5.73 Å². The quantitative estimate of drug-likeness (QED) is 0.384. The molecule has 0 aliphatic carbocycles. The molecule has 17 heavy (non-hydrogen) atoms. The Bertz CT molecular complexity index is 218. The van der Waals surface area contributed by atoms with E-state index in [9.17, 15) is 4.79 Å². The average molecular weight is 265 g/mol. The van der Waals surface area contributed by atoms with Crippen LogP contribution in [0, 0.1) is 0 Å². The number of amides is 2. The van der Waals surface area contributed by atoms with Gasteiger partial charge in [-0.25, -0.2) is 4.79 Å². The van der Waals surface area contributed by atoms with Gasteiger partial charge >= 0.3 is 14.8 Å². The highest BCUT2D eigenvalue weighted by atomic mass is 28.4. The standard InChI is InChI=1S/C9H23N3O4Si/c1-5-8(11-6-7-12-9(10)13)17(14-2,15-3)16-4/h8,11H,5-7H2,1-4H3,(H3,10,12,13). The summed E-state index contributed by atoms with van der Waals surface area (Å²) in [4.78, 5) is 10.5. The third-order valence-corrected chi connectivity index (χ3v) is 5.68. The van der Waals surface area contributed by atoms with Gasteiger partial charge in [0.2, 0.25) is 0 Å². The van der Waals surface area contributed by atoms with E-state index in [2.05, 4.69) is 10.6 Å². The number of urea groups is 1. The number of carbonyl (C=O) groups excluding carboxylic acids is 1. The molecule has 0 spiro atoms. The Hall–Kier alpha value is -0.673. The lowest BCUT2D eigenvalue weighted by atomic mass is 10.4. The smallest absolute Gasteiger partial charge is 0.376 e. The number of hydrogen-bond acceptors (Lipinski definition) is 5. The van der Waals surface area contributed by atoms with E-state index in [-0.39, 0.29) is 5.67 Å². The summed E-state index contributed by atoms with van der Waals surface area (Å²) in [6, 6.07) is -0.534. The summed E-state index contributed by atoms with van der Waals surface area (Å²) in [5, 5.41) is 5.73. The van der Waals surface area contributed by atoms with Crippen molar-refractivity contribution >= 4 is 14.8 Å². The Morgan fingerprint density at radius 2 is 1.76 bits per heavy atom. The predicted octanol–water partition coefficient (Wildman–Crippen LogP) is -0.560. The van der Waals surface area contributed by atoms with Crippen molar-refractivity contribution < 1.29 is 18.1 Å². The van der Waals surface area contributed by atoms with E-state index < -0.39 is 14.8 Å². The van der Waals surface area contributed by atoms with Gasteiger partial charge < -0.3 is 29.6 Å². The molecule has 8 heteroatoms. The maximum atomic E-state index is 10.5. The van der Waals surface area contributed by atoms with E-state index in [0.717, 1.165) is 6.42 Å². The van der Waals surface area contributed by atoms with E-state index in [1.165, 1.54) is 0 Å². The van der Waals surface area contributed by atoms with Crippen LogP contribution in [-0.2, 0) is 13.3 Å². The van der Waals surface area contributed by atoms with Crippen LogP contribution >= 0.6 is 0 Å². The summed E-state index contributed by atoms with van der Waals surface area (Å²) >= 11 is 0. The van der Waals surface area contributed by atoms with Crippen molar-refractivity contribution in [3.05, 3.63) is 0 Å². The summed E-state index contributed by atoms with van der Waals surface area (Å²) in [5.41, 5.74) is 4.95. The minimum atomic E-state index is -2.68. The van der Waals surface area contributed by atoms with E-state index in [4.69, 9.17) is 19.0 Å². The van der Waals surface area contributed by atoms with Crippen LogP contribution in [-0.4, -0.2) is 54.9 Å². The van der Waals surface area contributed by atoms with Crippen LogP contribution in [0.15, 0.2) is 0 Å². The Balaban J connectivity index is 4.24. The number of rotatable bonds is 9. The van der Waals surface area contributed by atoms with Crippen molar-refractivity contribution in [1.82, 2.24) is 10.6 Å². The van der Waals surface area contributed by atoms with Gasteiger partial charge in [0.05, 0.1) is 5.67 Å². The molecule has 0 aliphatic heterocycles. The van der Waals surface area contributed by atoms with Crippen LogP contribution in [0.5, 0.6) is 0 Å². The highest BCUT2D eigenvalue weighted by Gasteiger charge is 2.46. The monoisotopic (exact) mass is 265 g/mol. The molecule has 0 aromatic carbocycles. The second-order valence-electron chi connectivity index (χ2n) is 3.42. The van der Waals surface area contributed by atoms with Gasteiger partial charge in [0.1, 0.15) is 0 Å². The fourth-order valence-corrected chi connectivity index (χ4v) is 3.88. The largest absolute Gasteiger partial charge is 0.517 e. The van der Waals surface area contributed by atoms with Gasteiger partial charge in [0.25, 0.3) is 0 Å². The Kier molecular flexibility index (Phi) is 8.09. The van der Waals surface area contributed by atoms with Crippen molar-refractivity contribution in [1.29, 1.82) is 0 Å². The van der Waals surface area contributed by atoms with E-state index in [1.807, 2.05) is 6.92 Å². The molecule has 0 heterocycles. The molecule has 0 radical (unpaired) electrons. The summed E-state index contributed by atoms with van der Waals surface area (Å²) in [6.07, 6.45) is 0.804. The fraction of sp³-hybridized carbons (Fsp3) is 0.889. The molecule has 4 N–H and O–H groups in total. The van der Waals surface area contributed by atoms with Crippen LogP contribution in [0.25, 0.3) is 0 Å². The zero-order chi connectivity index (χ0) is 13.3. The second kappa shape index (κ2) is 8.42. The minimum absolute atomic E-state index is 0.0165. The molecule has 7 nitrogen and oxygen atoms in total. The molecule has 1 unspecified atom stereocenters. The maximum absolute atomic E-state index is 10.5. The lowest BCUT2D eigenvalue weighted by Gasteiger charge is -2.32. The molecule has 102 valence electrons. The molecule has 0 aromatic rings. The normalized spacial score (nSPS) is 13.4. The molecule has 0 aromatic heterocycles. The zero-order valence-corrected chi connectivity index (χ0v) is 11.9. The molecule has 0 fully saturated rings. The Morgan fingerprint density at radius 1 is 1.24 bits per heavy atom. The van der Waals surface area contributed by atoms with Crippen LogP contribution in [0.1, 0.15) is 13.3 Å². The fourth-order valence-electron chi connectivity index (χ4n) is 1.63. The SMILES string of the molecule is CCC(NCCNC(N)=O)[Si](OC)(OC)OC. The van der Waals surface area contributed by atoms with Crippen molar-refractivity contribution in [2.75, 3.05) is 34.4 Å². The topological polar surface area (TPSA) is 94.8 Å². The van der Waals surface area contributed by atoms with Crippen LogP contribution in [0.4, 0.5) is 4.79 Å². The molecule has 0 saturated carbocycles. The van der Waals surface area contributed by atoms with Gasteiger partial charge in [-0.2, -0.15) is 0 Å². The lowest BCUT2D eigenvalue weighted by molar-refractivity contribution is 0.106. The zero-order valence-electron chi connectivity index (χ0n) is 10.9. The molecule has 0 rings (SSSR count). The van der Waals surface area contributed by atoms with Gasteiger partial charge in [0.15, 0.2) is 0 Å². The van der Waals surface area contributed by atoms with Gasteiger partial charge in [-0.05, 0) is 6.42 Å². The first kappa shape index (κ1) is 16.3. The van der Waals surface area contributed by atoms with Crippen molar-refractivity contribution in [3.63, 3.8) is 0 Å². The number of nitrogens with two attached hydrogens (primary N) is 1. The van der Waals surface area contributed by atoms with Crippen LogP contribution in [0.2, 0.25) is 0 Å². The highest BCUT2D eigenvalue weighted by Crippen LogP contribution is 2.14. The van der Waals surface area contributed by atoms with Gasteiger partial charge in [-0.1, -0.05) is 6.92 Å². The number of nitrogens with one attached hydrogen (secondary N) is 2. The van der Waals surface area contributed by atoms with Gasteiger partial charge in [0, 0.05) is 34.4 Å². The van der Waals surface area contributed by atoms with Crippen molar-refractivity contribution in [2.45, 2.75) is 19.0 Å². The van der Waals surface area contributed by atoms with Crippen molar-refractivity contribution in [3.8, 4) is 0 Å². The molecule has 0 aliphatic rings.